The number of hydrogen-bond donors (Lipinski definition) is 1. The molecule has 1 aromatic rings. The fourth-order valence-corrected chi connectivity index (χ4v) is 2.19. The fourth-order valence-electron chi connectivity index (χ4n) is 1.56. The molecule has 0 aliphatic rings. The van der Waals surface area contributed by atoms with E-state index in [1.54, 1.807) is 6.92 Å². The predicted molar refractivity (Wildman–Crippen MR) is 69.3 cm³/mol. The van der Waals surface area contributed by atoms with Crippen molar-refractivity contribution in [2.45, 2.75) is 24.8 Å². The molecule has 2 N–H and O–H groups in total. The van der Waals surface area contributed by atoms with Crippen molar-refractivity contribution < 1.29 is 27.1 Å². The Morgan fingerprint density at radius 2 is 2.05 bits per heavy atom. The van der Waals surface area contributed by atoms with Gasteiger partial charge >= 0.3 is 5.97 Å². The average molecular weight is 305 g/mol. The Hall–Kier alpha value is -1.51. The molecule has 0 heterocycles. The van der Waals surface area contributed by atoms with Crippen molar-refractivity contribution >= 4 is 16.0 Å². The van der Waals surface area contributed by atoms with E-state index in [9.17, 15) is 17.6 Å². The molecule has 0 spiro atoms. The van der Waals surface area contributed by atoms with Crippen LogP contribution in [0.25, 0.3) is 0 Å². The highest BCUT2D eigenvalue weighted by Crippen LogP contribution is 2.19. The second-order valence-corrected chi connectivity index (χ2v) is 5.88. The minimum atomic E-state index is -4.04. The zero-order chi connectivity index (χ0) is 15.5. The number of sulfonamides is 1. The van der Waals surface area contributed by atoms with Gasteiger partial charge in [-0.2, -0.15) is 0 Å². The zero-order valence-electron chi connectivity index (χ0n) is 11.3. The Bertz CT molecular complexity index is 615. The van der Waals surface area contributed by atoms with Gasteiger partial charge in [0.2, 0.25) is 10.0 Å². The van der Waals surface area contributed by atoms with Crippen molar-refractivity contribution in [1.29, 1.82) is 0 Å². The van der Waals surface area contributed by atoms with Gasteiger partial charge in [0, 0.05) is 7.11 Å². The number of primary sulfonamides is 1. The Morgan fingerprint density at radius 3 is 2.55 bits per heavy atom. The molecule has 1 aromatic carbocycles. The van der Waals surface area contributed by atoms with Gasteiger partial charge in [0.1, 0.15) is 11.9 Å². The van der Waals surface area contributed by atoms with Gasteiger partial charge in [0.15, 0.2) is 0 Å². The molecule has 1 atom stereocenters. The van der Waals surface area contributed by atoms with E-state index in [1.807, 2.05) is 0 Å². The molecule has 0 aromatic heterocycles. The van der Waals surface area contributed by atoms with E-state index in [0.717, 1.165) is 12.1 Å². The minimum absolute atomic E-state index is 0.0112. The van der Waals surface area contributed by atoms with Gasteiger partial charge in [-0.3, -0.25) is 0 Å². The molecule has 0 amide bonds. The van der Waals surface area contributed by atoms with Gasteiger partial charge < -0.3 is 9.47 Å². The van der Waals surface area contributed by atoms with E-state index < -0.39 is 33.5 Å². The van der Waals surface area contributed by atoms with Crippen LogP contribution >= 0.6 is 0 Å². The molecule has 0 aliphatic heterocycles. The molecule has 8 heteroatoms. The van der Waals surface area contributed by atoms with Crippen molar-refractivity contribution in [3.63, 3.8) is 0 Å². The Balaban J connectivity index is 3.17. The monoisotopic (exact) mass is 305 g/mol. The molecule has 0 aliphatic carbocycles. The summed E-state index contributed by atoms with van der Waals surface area (Å²) in [7, 11) is -2.61. The number of esters is 1. The second kappa shape index (κ2) is 6.29. The molecule has 1 unspecified atom stereocenters. The van der Waals surface area contributed by atoms with Crippen LogP contribution in [0.2, 0.25) is 0 Å². The summed E-state index contributed by atoms with van der Waals surface area (Å²) in [5.41, 5.74) is -0.486. The van der Waals surface area contributed by atoms with Crippen LogP contribution in [0, 0.1) is 12.7 Å². The number of carbonyl (C=O) groups excluding carboxylic acids is 1. The number of ether oxygens (including phenoxy) is 2. The molecule has 20 heavy (non-hydrogen) atoms. The summed E-state index contributed by atoms with van der Waals surface area (Å²) in [6.45, 7) is 3.04. The van der Waals surface area contributed by atoms with Crippen molar-refractivity contribution in [1.82, 2.24) is 0 Å². The molecule has 0 bridgehead atoms. The summed E-state index contributed by atoms with van der Waals surface area (Å²) < 4.78 is 46.2. The van der Waals surface area contributed by atoms with Crippen LogP contribution in [0.15, 0.2) is 17.0 Å². The third-order valence-corrected chi connectivity index (χ3v) is 3.38. The number of rotatable bonds is 5. The Morgan fingerprint density at radius 1 is 1.45 bits per heavy atom. The Kier molecular flexibility index (Phi) is 5.21. The van der Waals surface area contributed by atoms with Gasteiger partial charge in [0.05, 0.1) is 17.1 Å². The fraction of sp³-hybridized carbons (Fsp3) is 0.417. The van der Waals surface area contributed by atoms with E-state index in [0.29, 0.717) is 0 Å². The molecule has 0 radical (unpaired) electrons. The lowest BCUT2D eigenvalue weighted by atomic mass is 10.1. The lowest BCUT2D eigenvalue weighted by Gasteiger charge is -2.13. The van der Waals surface area contributed by atoms with Crippen LogP contribution in [0.1, 0.15) is 22.8 Å². The maximum atomic E-state index is 13.9. The summed E-state index contributed by atoms with van der Waals surface area (Å²) in [6, 6.07) is 1.92. The van der Waals surface area contributed by atoms with Crippen LogP contribution in [0.3, 0.4) is 0 Å². The summed E-state index contributed by atoms with van der Waals surface area (Å²) >= 11 is 0. The van der Waals surface area contributed by atoms with E-state index in [4.69, 9.17) is 14.6 Å². The van der Waals surface area contributed by atoms with Crippen molar-refractivity contribution in [2.75, 3.05) is 13.7 Å². The third-order valence-electron chi connectivity index (χ3n) is 2.49. The maximum Gasteiger partial charge on any atom is 0.341 e. The molecular formula is C12H16FNO5S. The Labute approximate surface area is 116 Å². The van der Waals surface area contributed by atoms with Gasteiger partial charge in [0.25, 0.3) is 0 Å². The first-order valence-electron chi connectivity index (χ1n) is 5.69. The number of carbonyl (C=O) groups is 1. The number of nitrogens with two attached hydrogens (primary N) is 1. The van der Waals surface area contributed by atoms with Gasteiger partial charge in [-0.25, -0.2) is 22.7 Å². The quantitative estimate of drug-likeness (QED) is 0.818. The van der Waals surface area contributed by atoms with E-state index in [1.165, 1.54) is 14.0 Å². The normalized spacial score (nSPS) is 13.1. The predicted octanol–water partition coefficient (Wildman–Crippen LogP) is 0.973. The highest BCUT2D eigenvalue weighted by Gasteiger charge is 2.21. The van der Waals surface area contributed by atoms with Crippen LogP contribution in [0.4, 0.5) is 4.39 Å². The topological polar surface area (TPSA) is 95.7 Å². The highest BCUT2D eigenvalue weighted by molar-refractivity contribution is 7.89. The van der Waals surface area contributed by atoms with Crippen LogP contribution in [0.5, 0.6) is 0 Å². The average Bonchev–Trinajstić information content (AvgIpc) is 2.31. The molecule has 6 nitrogen and oxygen atoms in total. The summed E-state index contributed by atoms with van der Waals surface area (Å²) in [5.74, 6) is -1.81. The maximum absolute atomic E-state index is 13.9. The molecule has 1 rings (SSSR count). The summed E-state index contributed by atoms with van der Waals surface area (Å²) in [6.07, 6.45) is -0.592. The van der Waals surface area contributed by atoms with E-state index in [2.05, 4.69) is 0 Å². The molecule has 0 saturated heterocycles. The summed E-state index contributed by atoms with van der Waals surface area (Å²) in [4.78, 5) is 11.5. The first kappa shape index (κ1) is 16.5. The van der Waals surface area contributed by atoms with Gasteiger partial charge in [-0.05, 0) is 31.5 Å². The standard InChI is InChI=1S/C12H16FNO5S/c1-7-4-9(20(14,16)17)5-10(11(7)13)12(15)19-8(2)6-18-3/h4-5,8H,6H2,1-3H3,(H2,14,16,17). The second-order valence-electron chi connectivity index (χ2n) is 4.32. The van der Waals surface area contributed by atoms with Crippen molar-refractivity contribution in [2.24, 2.45) is 5.14 Å². The van der Waals surface area contributed by atoms with Crippen molar-refractivity contribution in [3.05, 3.63) is 29.1 Å². The molecular weight excluding hydrogens is 289 g/mol. The first-order valence-corrected chi connectivity index (χ1v) is 7.24. The molecule has 0 saturated carbocycles. The number of hydrogen-bond acceptors (Lipinski definition) is 5. The van der Waals surface area contributed by atoms with Gasteiger partial charge in [-0.15, -0.1) is 0 Å². The highest BCUT2D eigenvalue weighted by atomic mass is 32.2. The van der Waals surface area contributed by atoms with E-state index >= 15 is 0 Å². The number of methoxy groups -OCH3 is 1. The van der Waals surface area contributed by atoms with Crippen LogP contribution < -0.4 is 5.14 Å². The SMILES string of the molecule is COCC(C)OC(=O)c1cc(S(N)(=O)=O)cc(C)c1F. The smallest absolute Gasteiger partial charge is 0.341 e. The zero-order valence-corrected chi connectivity index (χ0v) is 12.2. The first-order chi connectivity index (χ1) is 9.16. The van der Waals surface area contributed by atoms with E-state index in [-0.39, 0.29) is 17.1 Å². The molecule has 112 valence electrons. The lowest BCUT2D eigenvalue weighted by Crippen LogP contribution is -2.21. The minimum Gasteiger partial charge on any atom is -0.457 e. The van der Waals surface area contributed by atoms with Gasteiger partial charge in [-0.1, -0.05) is 0 Å². The number of aryl methyl sites for hydroxylation is 1. The number of halogens is 1. The summed E-state index contributed by atoms with van der Waals surface area (Å²) in [5, 5.41) is 4.97. The third kappa shape index (κ3) is 3.99. The largest absolute Gasteiger partial charge is 0.457 e. The van der Waals surface area contributed by atoms with Crippen LogP contribution in [-0.2, 0) is 19.5 Å². The molecule has 0 fully saturated rings. The van der Waals surface area contributed by atoms with Crippen LogP contribution in [-0.4, -0.2) is 34.2 Å². The lowest BCUT2D eigenvalue weighted by molar-refractivity contribution is 0.0115. The number of benzene rings is 1. The van der Waals surface area contributed by atoms with Crippen molar-refractivity contribution in [3.8, 4) is 0 Å².